The number of aromatic nitrogens is 1. The number of rotatable bonds is 8. The fraction of sp³-hybridized carbons (Fsp3) is 0.750. The largest absolute Gasteiger partial charge is 0.311 e. The number of unbranched alkanes of at least 4 members (excludes halogenated alkanes) is 4. The number of hydrogen-bond acceptors (Lipinski definition) is 3. The minimum Gasteiger partial charge on any atom is -0.311 e. The molecule has 0 radical (unpaired) electrons. The first-order chi connectivity index (χ1) is 7.33. The van der Waals surface area contributed by atoms with Crippen molar-refractivity contribution in [1.82, 2.24) is 10.3 Å². The lowest BCUT2D eigenvalue weighted by Gasteiger charge is -2.02. The van der Waals surface area contributed by atoms with Crippen LogP contribution in [0.3, 0.4) is 0 Å². The average Bonchev–Trinajstić information content (AvgIpc) is 2.63. The Morgan fingerprint density at radius 3 is 2.73 bits per heavy atom. The van der Waals surface area contributed by atoms with Crippen LogP contribution in [-0.2, 0) is 6.54 Å². The minimum atomic E-state index is 0.929. The van der Waals surface area contributed by atoms with Crippen LogP contribution in [0.5, 0.6) is 0 Å². The van der Waals surface area contributed by atoms with Crippen LogP contribution < -0.4 is 5.32 Å². The smallest absolute Gasteiger partial charge is 0.0897 e. The molecule has 1 heterocycles. The van der Waals surface area contributed by atoms with E-state index in [1.807, 2.05) is 0 Å². The molecule has 0 saturated heterocycles. The highest BCUT2D eigenvalue weighted by atomic mass is 32.1. The van der Waals surface area contributed by atoms with Gasteiger partial charge in [0.05, 0.1) is 10.7 Å². The van der Waals surface area contributed by atoms with Crippen LogP contribution in [0, 0.1) is 6.92 Å². The van der Waals surface area contributed by atoms with Gasteiger partial charge in [-0.3, -0.25) is 0 Å². The fourth-order valence-corrected chi connectivity index (χ4v) is 2.17. The van der Waals surface area contributed by atoms with E-state index in [9.17, 15) is 0 Å². The van der Waals surface area contributed by atoms with E-state index in [0.717, 1.165) is 18.1 Å². The lowest BCUT2D eigenvalue weighted by atomic mass is 10.1. The van der Waals surface area contributed by atoms with Gasteiger partial charge in [0.25, 0.3) is 0 Å². The third-order valence-corrected chi connectivity index (χ3v) is 3.25. The summed E-state index contributed by atoms with van der Waals surface area (Å²) in [6.07, 6.45) is 6.74. The third kappa shape index (κ3) is 5.90. The van der Waals surface area contributed by atoms with Crippen molar-refractivity contribution in [2.45, 2.75) is 52.5 Å². The van der Waals surface area contributed by atoms with E-state index < -0.39 is 0 Å². The highest BCUT2D eigenvalue weighted by Crippen LogP contribution is 2.07. The zero-order valence-electron chi connectivity index (χ0n) is 9.88. The quantitative estimate of drug-likeness (QED) is 0.686. The van der Waals surface area contributed by atoms with Crippen LogP contribution in [-0.4, -0.2) is 11.5 Å². The lowest BCUT2D eigenvalue weighted by molar-refractivity contribution is 0.580. The van der Waals surface area contributed by atoms with E-state index in [4.69, 9.17) is 0 Å². The Morgan fingerprint density at radius 1 is 1.27 bits per heavy atom. The average molecular weight is 226 g/mol. The van der Waals surface area contributed by atoms with E-state index in [2.05, 4.69) is 29.5 Å². The second-order valence-corrected chi connectivity index (χ2v) is 5.01. The summed E-state index contributed by atoms with van der Waals surface area (Å²) in [4.78, 5) is 4.41. The molecule has 0 aromatic carbocycles. The number of hydrogen-bond donors (Lipinski definition) is 1. The summed E-state index contributed by atoms with van der Waals surface area (Å²) < 4.78 is 0. The molecule has 0 saturated carbocycles. The van der Waals surface area contributed by atoms with Crippen LogP contribution in [0.1, 0.15) is 49.7 Å². The molecule has 1 aromatic heterocycles. The summed E-state index contributed by atoms with van der Waals surface area (Å²) in [6, 6.07) is 0. The van der Waals surface area contributed by atoms with Crippen molar-refractivity contribution in [1.29, 1.82) is 0 Å². The van der Waals surface area contributed by atoms with Crippen molar-refractivity contribution in [3.63, 3.8) is 0 Å². The predicted molar refractivity (Wildman–Crippen MR) is 67.3 cm³/mol. The van der Waals surface area contributed by atoms with E-state index in [-0.39, 0.29) is 0 Å². The lowest BCUT2D eigenvalue weighted by Crippen LogP contribution is -2.14. The van der Waals surface area contributed by atoms with Gasteiger partial charge in [0.15, 0.2) is 0 Å². The maximum Gasteiger partial charge on any atom is 0.0897 e. The Bertz CT molecular complexity index is 258. The second kappa shape index (κ2) is 7.83. The highest BCUT2D eigenvalue weighted by molar-refractivity contribution is 7.09. The van der Waals surface area contributed by atoms with Crippen molar-refractivity contribution >= 4 is 11.3 Å². The van der Waals surface area contributed by atoms with Gasteiger partial charge in [0.2, 0.25) is 0 Å². The molecule has 15 heavy (non-hydrogen) atoms. The van der Waals surface area contributed by atoms with Crippen LogP contribution in [0.25, 0.3) is 0 Å². The van der Waals surface area contributed by atoms with Crippen molar-refractivity contribution in [3.05, 3.63) is 16.1 Å². The standard InChI is InChI=1S/C12H22N2S/c1-3-4-5-6-7-8-13-9-12-10-15-11(2)14-12/h10,13H,3-9H2,1-2H3. The predicted octanol–water partition coefficient (Wildman–Crippen LogP) is 3.51. The highest BCUT2D eigenvalue weighted by Gasteiger charge is 1.96. The summed E-state index contributed by atoms with van der Waals surface area (Å²) in [5, 5.41) is 6.74. The van der Waals surface area contributed by atoms with Gasteiger partial charge in [0.1, 0.15) is 0 Å². The molecule has 1 aromatic rings. The van der Waals surface area contributed by atoms with Gasteiger partial charge in [0, 0.05) is 11.9 Å². The summed E-state index contributed by atoms with van der Waals surface area (Å²) in [5.74, 6) is 0. The molecule has 0 aliphatic rings. The first-order valence-corrected chi connectivity index (χ1v) is 6.82. The van der Waals surface area contributed by atoms with E-state index in [0.29, 0.717) is 0 Å². The zero-order chi connectivity index (χ0) is 10.9. The van der Waals surface area contributed by atoms with Gasteiger partial charge in [-0.1, -0.05) is 32.6 Å². The van der Waals surface area contributed by atoms with Crippen molar-refractivity contribution in [2.75, 3.05) is 6.54 Å². The Labute approximate surface area is 97.1 Å². The molecule has 1 N–H and O–H groups in total. The van der Waals surface area contributed by atoms with Gasteiger partial charge in [-0.15, -0.1) is 11.3 Å². The van der Waals surface area contributed by atoms with E-state index in [1.54, 1.807) is 11.3 Å². The Kier molecular flexibility index (Phi) is 6.60. The molecule has 0 bridgehead atoms. The molecule has 1 rings (SSSR count). The summed E-state index contributed by atoms with van der Waals surface area (Å²) in [6.45, 7) is 6.36. The van der Waals surface area contributed by atoms with Crippen LogP contribution >= 0.6 is 11.3 Å². The molecule has 0 unspecified atom stereocenters. The van der Waals surface area contributed by atoms with Gasteiger partial charge < -0.3 is 5.32 Å². The number of nitrogens with zero attached hydrogens (tertiary/aromatic N) is 1. The molecular formula is C12H22N2S. The Hall–Kier alpha value is -0.410. The van der Waals surface area contributed by atoms with Crippen molar-refractivity contribution in [2.24, 2.45) is 0 Å². The molecule has 3 heteroatoms. The van der Waals surface area contributed by atoms with Crippen molar-refractivity contribution in [3.8, 4) is 0 Å². The van der Waals surface area contributed by atoms with Crippen LogP contribution in [0.15, 0.2) is 5.38 Å². The number of nitrogens with one attached hydrogen (secondary N) is 1. The van der Waals surface area contributed by atoms with E-state index in [1.165, 1.54) is 37.8 Å². The molecule has 86 valence electrons. The van der Waals surface area contributed by atoms with Gasteiger partial charge in [-0.05, 0) is 19.9 Å². The molecule has 0 aliphatic heterocycles. The first-order valence-electron chi connectivity index (χ1n) is 5.94. The maximum atomic E-state index is 4.41. The molecule has 0 amide bonds. The Balaban J connectivity index is 1.93. The van der Waals surface area contributed by atoms with Gasteiger partial charge in [-0.25, -0.2) is 4.98 Å². The van der Waals surface area contributed by atoms with E-state index >= 15 is 0 Å². The normalized spacial score (nSPS) is 10.8. The molecular weight excluding hydrogens is 204 g/mol. The molecule has 0 atom stereocenters. The zero-order valence-corrected chi connectivity index (χ0v) is 10.7. The number of aryl methyl sites for hydroxylation is 1. The molecule has 0 aliphatic carbocycles. The summed E-state index contributed by atoms with van der Waals surface area (Å²) >= 11 is 1.73. The molecule has 2 nitrogen and oxygen atoms in total. The van der Waals surface area contributed by atoms with Crippen LogP contribution in [0.4, 0.5) is 0 Å². The SMILES string of the molecule is CCCCCCCNCc1csc(C)n1. The third-order valence-electron chi connectivity index (χ3n) is 2.43. The second-order valence-electron chi connectivity index (χ2n) is 3.95. The summed E-state index contributed by atoms with van der Waals surface area (Å²) in [5.41, 5.74) is 1.19. The summed E-state index contributed by atoms with van der Waals surface area (Å²) in [7, 11) is 0. The topological polar surface area (TPSA) is 24.9 Å². The maximum absolute atomic E-state index is 4.41. The monoisotopic (exact) mass is 226 g/mol. The fourth-order valence-electron chi connectivity index (χ4n) is 1.56. The van der Waals surface area contributed by atoms with Crippen molar-refractivity contribution < 1.29 is 0 Å². The number of thiazole rings is 1. The molecule has 0 spiro atoms. The molecule has 0 fully saturated rings. The van der Waals surface area contributed by atoms with Gasteiger partial charge in [-0.2, -0.15) is 0 Å². The minimum absolute atomic E-state index is 0.929. The van der Waals surface area contributed by atoms with Crippen LogP contribution in [0.2, 0.25) is 0 Å². The van der Waals surface area contributed by atoms with Gasteiger partial charge >= 0.3 is 0 Å². The first kappa shape index (κ1) is 12.7. The Morgan fingerprint density at radius 2 is 2.07 bits per heavy atom.